The van der Waals surface area contributed by atoms with E-state index in [1.165, 1.54) is 5.56 Å². The highest BCUT2D eigenvalue weighted by atomic mass is 32.2. The molecule has 3 aromatic rings. The van der Waals surface area contributed by atoms with Crippen LogP contribution in [0.1, 0.15) is 38.2 Å². The molecule has 0 aliphatic carbocycles. The zero-order valence-electron chi connectivity index (χ0n) is 16.6. The van der Waals surface area contributed by atoms with Crippen LogP contribution in [0.25, 0.3) is 11.0 Å². The van der Waals surface area contributed by atoms with Crippen molar-refractivity contribution in [2.24, 2.45) is 0 Å². The van der Waals surface area contributed by atoms with Gasteiger partial charge >= 0.3 is 0 Å². The van der Waals surface area contributed by atoms with Crippen molar-refractivity contribution in [3.8, 4) is 0 Å². The number of fused-ring (bicyclic) bond motifs is 1. The van der Waals surface area contributed by atoms with Crippen molar-refractivity contribution in [2.45, 2.75) is 44.2 Å². The smallest absolute Gasteiger partial charge is 0.222 e. The maximum absolute atomic E-state index is 12.6. The highest BCUT2D eigenvalue weighted by molar-refractivity contribution is 7.99. The van der Waals surface area contributed by atoms with Crippen LogP contribution in [-0.2, 0) is 11.2 Å². The molecule has 0 aliphatic rings. The van der Waals surface area contributed by atoms with E-state index < -0.39 is 0 Å². The Bertz CT molecular complexity index is 829. The Morgan fingerprint density at radius 3 is 2.61 bits per heavy atom. The second-order valence-corrected chi connectivity index (χ2v) is 8.06. The molecule has 1 heterocycles. The van der Waals surface area contributed by atoms with Crippen molar-refractivity contribution >= 4 is 28.7 Å². The number of aromatic amines is 1. The first kappa shape index (κ1) is 20.5. The molecule has 1 aromatic heterocycles. The first-order valence-corrected chi connectivity index (χ1v) is 11.1. The van der Waals surface area contributed by atoms with Crippen molar-refractivity contribution in [3.63, 3.8) is 0 Å². The fourth-order valence-electron chi connectivity index (χ4n) is 3.18. The summed E-state index contributed by atoms with van der Waals surface area (Å²) in [5, 5.41) is 0.953. The van der Waals surface area contributed by atoms with Gasteiger partial charge in [0.25, 0.3) is 0 Å². The fourth-order valence-corrected chi connectivity index (χ4v) is 3.99. The third-order valence-electron chi connectivity index (χ3n) is 4.79. The average Bonchev–Trinajstić information content (AvgIpc) is 3.15. The largest absolute Gasteiger partial charge is 0.342 e. The van der Waals surface area contributed by atoms with Crippen LogP contribution < -0.4 is 0 Å². The van der Waals surface area contributed by atoms with Crippen molar-refractivity contribution < 1.29 is 4.79 Å². The highest BCUT2D eigenvalue weighted by Crippen LogP contribution is 2.20. The summed E-state index contributed by atoms with van der Waals surface area (Å²) in [5.74, 6) is 1.23. The Morgan fingerprint density at radius 1 is 1.04 bits per heavy atom. The number of rotatable bonds is 11. The molecule has 0 spiro atoms. The lowest BCUT2D eigenvalue weighted by Gasteiger charge is -2.23. The van der Waals surface area contributed by atoms with Gasteiger partial charge in [0, 0.05) is 25.3 Å². The normalized spacial score (nSPS) is 11.0. The van der Waals surface area contributed by atoms with Gasteiger partial charge < -0.3 is 9.88 Å². The SMILES string of the molecule is CCCCC(=O)N(CCCSc1nc2ccccc2[nH]1)CCc1ccccc1. The number of hydrogen-bond donors (Lipinski definition) is 1. The van der Waals surface area contributed by atoms with Crippen LogP contribution in [0.4, 0.5) is 0 Å². The molecule has 0 atom stereocenters. The van der Waals surface area contributed by atoms with Crippen molar-refractivity contribution in [3.05, 3.63) is 60.2 Å². The van der Waals surface area contributed by atoms with E-state index in [9.17, 15) is 4.79 Å². The van der Waals surface area contributed by atoms with Crippen LogP contribution in [0.3, 0.4) is 0 Å². The summed E-state index contributed by atoms with van der Waals surface area (Å²) < 4.78 is 0. The third kappa shape index (κ3) is 6.13. The molecule has 0 fully saturated rings. The van der Waals surface area contributed by atoms with Crippen molar-refractivity contribution in [2.75, 3.05) is 18.8 Å². The Balaban J connectivity index is 1.49. The van der Waals surface area contributed by atoms with E-state index in [-0.39, 0.29) is 5.91 Å². The van der Waals surface area contributed by atoms with Gasteiger partial charge in [-0.2, -0.15) is 0 Å². The highest BCUT2D eigenvalue weighted by Gasteiger charge is 2.13. The molecule has 2 aromatic carbocycles. The number of carbonyl (C=O) groups excluding carboxylic acids is 1. The summed E-state index contributed by atoms with van der Waals surface area (Å²) in [6, 6.07) is 18.5. The Morgan fingerprint density at radius 2 is 1.82 bits per heavy atom. The number of amides is 1. The number of nitrogens with one attached hydrogen (secondary N) is 1. The quantitative estimate of drug-likeness (QED) is 0.354. The van der Waals surface area contributed by atoms with Crippen LogP contribution >= 0.6 is 11.8 Å². The Labute approximate surface area is 171 Å². The molecule has 1 N–H and O–H groups in total. The Kier molecular flexibility index (Phi) is 7.97. The summed E-state index contributed by atoms with van der Waals surface area (Å²) in [4.78, 5) is 22.6. The minimum absolute atomic E-state index is 0.284. The molecule has 0 unspecified atom stereocenters. The fraction of sp³-hybridized carbons (Fsp3) is 0.391. The number of carbonyl (C=O) groups is 1. The molecular formula is C23H29N3OS. The van der Waals surface area contributed by atoms with E-state index in [1.807, 2.05) is 35.2 Å². The van der Waals surface area contributed by atoms with Gasteiger partial charge in [0.15, 0.2) is 5.16 Å². The predicted octanol–water partition coefficient (Wildman–Crippen LogP) is 5.31. The van der Waals surface area contributed by atoms with Gasteiger partial charge in [-0.05, 0) is 37.0 Å². The molecule has 0 saturated heterocycles. The molecule has 5 heteroatoms. The van der Waals surface area contributed by atoms with Crippen LogP contribution in [0.2, 0.25) is 0 Å². The number of para-hydroxylation sites is 2. The first-order valence-electron chi connectivity index (χ1n) is 10.2. The van der Waals surface area contributed by atoms with Gasteiger partial charge in [-0.15, -0.1) is 0 Å². The van der Waals surface area contributed by atoms with E-state index in [0.29, 0.717) is 6.42 Å². The lowest BCUT2D eigenvalue weighted by Crippen LogP contribution is -2.34. The second-order valence-electron chi connectivity index (χ2n) is 6.98. The lowest BCUT2D eigenvalue weighted by atomic mass is 10.1. The summed E-state index contributed by atoms with van der Waals surface area (Å²) in [7, 11) is 0. The van der Waals surface area contributed by atoms with Gasteiger partial charge in [-0.25, -0.2) is 4.98 Å². The molecule has 28 heavy (non-hydrogen) atoms. The van der Waals surface area contributed by atoms with Crippen LogP contribution in [-0.4, -0.2) is 39.6 Å². The molecule has 0 radical (unpaired) electrons. The molecule has 3 rings (SSSR count). The van der Waals surface area contributed by atoms with Gasteiger partial charge in [0.2, 0.25) is 5.91 Å². The zero-order chi connectivity index (χ0) is 19.6. The zero-order valence-corrected chi connectivity index (χ0v) is 17.4. The lowest BCUT2D eigenvalue weighted by molar-refractivity contribution is -0.131. The Hall–Kier alpha value is -2.27. The second kappa shape index (κ2) is 10.9. The third-order valence-corrected chi connectivity index (χ3v) is 5.75. The van der Waals surface area contributed by atoms with Gasteiger partial charge in [-0.3, -0.25) is 4.79 Å². The van der Waals surface area contributed by atoms with E-state index in [0.717, 1.165) is 60.7 Å². The molecule has 0 saturated carbocycles. The maximum atomic E-state index is 12.6. The minimum atomic E-state index is 0.284. The summed E-state index contributed by atoms with van der Waals surface area (Å²) in [5.41, 5.74) is 3.36. The number of benzene rings is 2. The molecule has 148 valence electrons. The van der Waals surface area contributed by atoms with E-state index in [4.69, 9.17) is 0 Å². The summed E-state index contributed by atoms with van der Waals surface area (Å²) in [6.07, 6.45) is 4.56. The number of imidazole rings is 1. The topological polar surface area (TPSA) is 49.0 Å². The van der Waals surface area contributed by atoms with Crippen molar-refractivity contribution in [1.29, 1.82) is 0 Å². The predicted molar refractivity (Wildman–Crippen MR) is 118 cm³/mol. The number of unbranched alkanes of at least 4 members (excludes halogenated alkanes) is 1. The molecule has 0 aliphatic heterocycles. The van der Waals surface area contributed by atoms with E-state index in [2.05, 4.69) is 41.2 Å². The number of thioether (sulfide) groups is 1. The minimum Gasteiger partial charge on any atom is -0.342 e. The first-order chi connectivity index (χ1) is 13.8. The number of aromatic nitrogens is 2. The molecule has 4 nitrogen and oxygen atoms in total. The monoisotopic (exact) mass is 395 g/mol. The van der Waals surface area contributed by atoms with Gasteiger partial charge in [0.05, 0.1) is 11.0 Å². The van der Waals surface area contributed by atoms with Crippen molar-refractivity contribution in [1.82, 2.24) is 14.9 Å². The van der Waals surface area contributed by atoms with E-state index >= 15 is 0 Å². The number of hydrogen-bond acceptors (Lipinski definition) is 3. The number of nitrogens with zero attached hydrogens (tertiary/aromatic N) is 2. The van der Waals surface area contributed by atoms with Gasteiger partial charge in [0.1, 0.15) is 0 Å². The standard InChI is InChI=1S/C23H29N3OS/c1-2-3-14-22(27)26(17-15-19-10-5-4-6-11-19)16-9-18-28-23-24-20-12-7-8-13-21(20)25-23/h4-8,10-13H,2-3,9,14-18H2,1H3,(H,24,25). The van der Waals surface area contributed by atoms with Crippen LogP contribution in [0.15, 0.2) is 59.8 Å². The number of H-pyrrole nitrogens is 1. The van der Waals surface area contributed by atoms with Crippen LogP contribution in [0.5, 0.6) is 0 Å². The average molecular weight is 396 g/mol. The molecular weight excluding hydrogens is 366 g/mol. The van der Waals surface area contributed by atoms with E-state index in [1.54, 1.807) is 11.8 Å². The van der Waals surface area contributed by atoms with Crippen LogP contribution in [0, 0.1) is 0 Å². The summed E-state index contributed by atoms with van der Waals surface area (Å²) >= 11 is 1.73. The molecule has 0 bridgehead atoms. The molecule has 1 amide bonds. The summed E-state index contributed by atoms with van der Waals surface area (Å²) in [6.45, 7) is 3.73. The maximum Gasteiger partial charge on any atom is 0.222 e. The van der Waals surface area contributed by atoms with Gasteiger partial charge in [-0.1, -0.05) is 67.6 Å².